The molecule has 2 aromatic heterocycles. The number of thiazole rings is 1. The summed E-state index contributed by atoms with van der Waals surface area (Å²) in [5, 5.41) is 10.9. The fraction of sp³-hybridized carbons (Fsp3) is 0.500. The van der Waals surface area contributed by atoms with E-state index in [1.807, 2.05) is 26.2 Å². The minimum atomic E-state index is -0.453. The number of aryl methyl sites for hydroxylation is 1. The van der Waals surface area contributed by atoms with Gasteiger partial charge in [-0.25, -0.2) is 14.5 Å². The molecular weight excluding hydrogens is 264 g/mol. The Kier molecular flexibility index (Phi) is 3.94. The highest BCUT2D eigenvalue weighted by Gasteiger charge is 2.23. The highest BCUT2D eigenvalue weighted by Crippen LogP contribution is 2.20. The predicted molar refractivity (Wildman–Crippen MR) is 71.4 cm³/mol. The monoisotopic (exact) mass is 280 g/mol. The molecule has 0 N–H and O–H groups in total. The van der Waals surface area contributed by atoms with Crippen molar-refractivity contribution in [3.63, 3.8) is 0 Å². The SMILES string of the molecule is COC(=O)c1nnn(Cc2nc(C)cs2)c1C(C)C. The molecule has 0 aliphatic carbocycles. The molecule has 2 heterocycles. The third-order valence-corrected chi connectivity index (χ3v) is 3.60. The second-order valence-electron chi connectivity index (χ2n) is 4.51. The molecule has 0 aliphatic rings. The molecule has 6 nitrogen and oxygen atoms in total. The van der Waals surface area contributed by atoms with Crippen molar-refractivity contribution in [1.29, 1.82) is 0 Å². The van der Waals surface area contributed by atoms with Crippen LogP contribution in [0.4, 0.5) is 0 Å². The third-order valence-electron chi connectivity index (χ3n) is 2.65. The van der Waals surface area contributed by atoms with E-state index < -0.39 is 5.97 Å². The number of aromatic nitrogens is 4. The van der Waals surface area contributed by atoms with Gasteiger partial charge in [0.05, 0.1) is 19.3 Å². The first kappa shape index (κ1) is 13.7. The lowest BCUT2D eigenvalue weighted by Crippen LogP contribution is -2.11. The molecule has 0 aromatic carbocycles. The van der Waals surface area contributed by atoms with Crippen molar-refractivity contribution in [2.24, 2.45) is 0 Å². The summed E-state index contributed by atoms with van der Waals surface area (Å²) in [6, 6.07) is 0. The van der Waals surface area contributed by atoms with E-state index in [-0.39, 0.29) is 11.6 Å². The molecule has 19 heavy (non-hydrogen) atoms. The zero-order valence-electron chi connectivity index (χ0n) is 11.4. The van der Waals surface area contributed by atoms with E-state index in [2.05, 4.69) is 15.3 Å². The van der Waals surface area contributed by atoms with Gasteiger partial charge >= 0.3 is 5.97 Å². The Labute approximate surface area is 115 Å². The number of rotatable bonds is 4. The van der Waals surface area contributed by atoms with Gasteiger partial charge < -0.3 is 4.74 Å². The molecule has 0 bridgehead atoms. The van der Waals surface area contributed by atoms with Crippen LogP contribution in [0.2, 0.25) is 0 Å². The van der Waals surface area contributed by atoms with Crippen molar-refractivity contribution in [3.8, 4) is 0 Å². The molecule has 0 spiro atoms. The van der Waals surface area contributed by atoms with Crippen LogP contribution in [0.15, 0.2) is 5.38 Å². The van der Waals surface area contributed by atoms with Gasteiger partial charge in [0.25, 0.3) is 0 Å². The largest absolute Gasteiger partial charge is 0.464 e. The van der Waals surface area contributed by atoms with Gasteiger partial charge in [0, 0.05) is 11.1 Å². The Bertz CT molecular complexity index is 588. The second kappa shape index (κ2) is 5.48. The van der Waals surface area contributed by atoms with Crippen LogP contribution >= 0.6 is 11.3 Å². The van der Waals surface area contributed by atoms with E-state index in [9.17, 15) is 4.79 Å². The fourth-order valence-electron chi connectivity index (χ4n) is 1.85. The standard InChI is InChI=1S/C12H16N4O2S/c1-7(2)11-10(12(17)18-4)14-15-16(11)5-9-13-8(3)6-19-9/h6-7H,5H2,1-4H3. The first-order valence-corrected chi connectivity index (χ1v) is 6.83. The highest BCUT2D eigenvalue weighted by atomic mass is 32.1. The maximum atomic E-state index is 11.7. The van der Waals surface area contributed by atoms with Crippen LogP contribution in [0.5, 0.6) is 0 Å². The maximum absolute atomic E-state index is 11.7. The number of esters is 1. The van der Waals surface area contributed by atoms with Crippen LogP contribution in [0.1, 0.15) is 46.6 Å². The molecular formula is C12H16N4O2S. The molecule has 102 valence electrons. The lowest BCUT2D eigenvalue weighted by atomic mass is 10.1. The van der Waals surface area contributed by atoms with Gasteiger partial charge in [-0.3, -0.25) is 0 Å². The van der Waals surface area contributed by atoms with E-state index in [0.29, 0.717) is 6.54 Å². The van der Waals surface area contributed by atoms with Crippen molar-refractivity contribution >= 4 is 17.3 Å². The number of hydrogen-bond acceptors (Lipinski definition) is 6. The molecule has 0 saturated heterocycles. The van der Waals surface area contributed by atoms with Gasteiger partial charge in [-0.05, 0) is 12.8 Å². The van der Waals surface area contributed by atoms with Gasteiger partial charge in [-0.15, -0.1) is 16.4 Å². The Hall–Kier alpha value is -1.76. The minimum Gasteiger partial charge on any atom is -0.464 e. The van der Waals surface area contributed by atoms with Crippen molar-refractivity contribution in [2.75, 3.05) is 7.11 Å². The average Bonchev–Trinajstić information content (AvgIpc) is 2.95. The summed E-state index contributed by atoms with van der Waals surface area (Å²) in [6.07, 6.45) is 0. The molecule has 0 radical (unpaired) electrons. The third kappa shape index (κ3) is 2.81. The Morgan fingerprint density at radius 1 is 1.53 bits per heavy atom. The summed E-state index contributed by atoms with van der Waals surface area (Å²) in [7, 11) is 1.34. The van der Waals surface area contributed by atoms with Crippen molar-refractivity contribution in [2.45, 2.75) is 33.2 Å². The minimum absolute atomic E-state index is 0.130. The highest BCUT2D eigenvalue weighted by molar-refractivity contribution is 7.09. The molecule has 2 aromatic rings. The van der Waals surface area contributed by atoms with Crippen molar-refractivity contribution in [1.82, 2.24) is 20.0 Å². The fourth-order valence-corrected chi connectivity index (χ4v) is 2.61. The molecule has 0 unspecified atom stereocenters. The Morgan fingerprint density at radius 2 is 2.26 bits per heavy atom. The van der Waals surface area contributed by atoms with Crippen LogP contribution in [0, 0.1) is 6.92 Å². The van der Waals surface area contributed by atoms with Gasteiger partial charge in [0.15, 0.2) is 5.69 Å². The summed E-state index contributed by atoms with van der Waals surface area (Å²) in [5.41, 5.74) is 2.05. The summed E-state index contributed by atoms with van der Waals surface area (Å²) in [5.74, 6) is -0.324. The van der Waals surface area contributed by atoms with Gasteiger partial charge in [0.1, 0.15) is 5.01 Å². The lowest BCUT2D eigenvalue weighted by Gasteiger charge is -2.09. The average molecular weight is 280 g/mol. The molecule has 0 aliphatic heterocycles. The van der Waals surface area contributed by atoms with Crippen LogP contribution in [-0.4, -0.2) is 33.1 Å². The number of ether oxygens (including phenoxy) is 1. The molecule has 0 fully saturated rings. The van der Waals surface area contributed by atoms with Crippen molar-refractivity contribution in [3.05, 3.63) is 27.5 Å². The summed E-state index contributed by atoms with van der Waals surface area (Å²) < 4.78 is 6.44. The van der Waals surface area contributed by atoms with Crippen LogP contribution in [0.25, 0.3) is 0 Å². The second-order valence-corrected chi connectivity index (χ2v) is 5.45. The van der Waals surface area contributed by atoms with Crippen LogP contribution in [0.3, 0.4) is 0 Å². The summed E-state index contributed by atoms with van der Waals surface area (Å²) in [4.78, 5) is 16.1. The van der Waals surface area contributed by atoms with E-state index in [4.69, 9.17) is 4.74 Å². The Morgan fingerprint density at radius 3 is 2.79 bits per heavy atom. The van der Waals surface area contributed by atoms with Gasteiger partial charge in [-0.1, -0.05) is 19.1 Å². The molecule has 0 atom stereocenters. The number of hydrogen-bond donors (Lipinski definition) is 0. The molecule has 0 amide bonds. The molecule has 7 heteroatoms. The summed E-state index contributed by atoms with van der Waals surface area (Å²) in [6.45, 7) is 6.46. The van der Waals surface area contributed by atoms with Crippen LogP contribution in [-0.2, 0) is 11.3 Å². The smallest absolute Gasteiger partial charge is 0.360 e. The van der Waals surface area contributed by atoms with Gasteiger partial charge in [-0.2, -0.15) is 0 Å². The number of carbonyl (C=O) groups excluding carboxylic acids is 1. The van der Waals surface area contributed by atoms with Gasteiger partial charge in [0.2, 0.25) is 0 Å². The number of methoxy groups -OCH3 is 1. The summed E-state index contributed by atoms with van der Waals surface area (Å²) >= 11 is 1.57. The first-order chi connectivity index (χ1) is 9.02. The van der Waals surface area contributed by atoms with E-state index in [1.54, 1.807) is 16.0 Å². The quantitative estimate of drug-likeness (QED) is 0.801. The number of nitrogens with zero attached hydrogens (tertiary/aromatic N) is 4. The first-order valence-electron chi connectivity index (χ1n) is 5.95. The van der Waals surface area contributed by atoms with Crippen LogP contribution < -0.4 is 0 Å². The normalized spacial score (nSPS) is 11.0. The molecule has 0 saturated carbocycles. The van der Waals surface area contributed by atoms with E-state index in [0.717, 1.165) is 16.4 Å². The van der Waals surface area contributed by atoms with E-state index in [1.165, 1.54) is 7.11 Å². The predicted octanol–water partition coefficient (Wildman–Crippen LogP) is 2.00. The zero-order valence-corrected chi connectivity index (χ0v) is 12.2. The lowest BCUT2D eigenvalue weighted by molar-refractivity contribution is 0.0592. The Balaban J connectivity index is 2.35. The zero-order chi connectivity index (χ0) is 14.0. The topological polar surface area (TPSA) is 69.9 Å². The maximum Gasteiger partial charge on any atom is 0.360 e. The van der Waals surface area contributed by atoms with Crippen molar-refractivity contribution < 1.29 is 9.53 Å². The molecule has 2 rings (SSSR count). The number of carbonyl (C=O) groups is 1. The van der Waals surface area contributed by atoms with E-state index >= 15 is 0 Å².